The number of carbonyl (C=O) groups is 1. The molecule has 1 amide bonds. The Balaban J connectivity index is 1.55. The van der Waals surface area contributed by atoms with Crippen LogP contribution in [0.15, 0.2) is 59.5 Å². The standard InChI is InChI=1S/C19H18N4O2/c24-19(20-12-15-7-4-10-25-15)16-11-18(22-13-21-16)23-9-3-6-14-5-1-2-8-17(14)23/h1-2,4-5,7-8,10-11,13H,3,6,9,12H2,(H,20,24). The van der Waals surface area contributed by atoms with E-state index in [0.717, 1.165) is 30.9 Å². The largest absolute Gasteiger partial charge is 0.467 e. The van der Waals surface area contributed by atoms with Crippen molar-refractivity contribution in [3.63, 3.8) is 0 Å². The summed E-state index contributed by atoms with van der Waals surface area (Å²) >= 11 is 0. The van der Waals surface area contributed by atoms with Gasteiger partial charge in [0.25, 0.3) is 5.91 Å². The van der Waals surface area contributed by atoms with Crippen molar-refractivity contribution in [2.75, 3.05) is 11.4 Å². The van der Waals surface area contributed by atoms with Gasteiger partial charge in [0.1, 0.15) is 23.6 Å². The van der Waals surface area contributed by atoms with Crippen LogP contribution in [0, 0.1) is 0 Å². The van der Waals surface area contributed by atoms with Crippen LogP contribution in [-0.4, -0.2) is 22.4 Å². The van der Waals surface area contributed by atoms with Gasteiger partial charge in [0.2, 0.25) is 0 Å². The first-order chi connectivity index (χ1) is 12.3. The Kier molecular flexibility index (Phi) is 4.16. The molecular weight excluding hydrogens is 316 g/mol. The van der Waals surface area contributed by atoms with Crippen LogP contribution in [0.25, 0.3) is 0 Å². The fourth-order valence-corrected chi connectivity index (χ4v) is 3.06. The highest BCUT2D eigenvalue weighted by Crippen LogP contribution is 2.32. The lowest BCUT2D eigenvalue weighted by atomic mass is 10.0. The highest BCUT2D eigenvalue weighted by molar-refractivity contribution is 5.93. The summed E-state index contributed by atoms with van der Waals surface area (Å²) < 4.78 is 5.22. The second-order valence-electron chi connectivity index (χ2n) is 5.91. The van der Waals surface area contributed by atoms with E-state index < -0.39 is 0 Å². The van der Waals surface area contributed by atoms with Gasteiger partial charge in [0.05, 0.1) is 12.8 Å². The molecule has 0 fully saturated rings. The number of amides is 1. The van der Waals surface area contributed by atoms with Gasteiger partial charge in [0, 0.05) is 18.3 Å². The number of rotatable bonds is 4. The van der Waals surface area contributed by atoms with E-state index in [2.05, 4.69) is 38.4 Å². The van der Waals surface area contributed by atoms with E-state index in [1.54, 1.807) is 18.4 Å². The van der Waals surface area contributed by atoms with Crippen LogP contribution in [0.2, 0.25) is 0 Å². The zero-order valence-electron chi connectivity index (χ0n) is 13.7. The quantitative estimate of drug-likeness (QED) is 0.794. The van der Waals surface area contributed by atoms with Crippen molar-refractivity contribution in [1.82, 2.24) is 15.3 Å². The molecule has 1 N–H and O–H groups in total. The molecule has 0 atom stereocenters. The topological polar surface area (TPSA) is 71.3 Å². The number of furan rings is 1. The van der Waals surface area contributed by atoms with E-state index in [9.17, 15) is 4.79 Å². The van der Waals surface area contributed by atoms with Gasteiger partial charge in [-0.1, -0.05) is 18.2 Å². The van der Waals surface area contributed by atoms with Crippen LogP contribution < -0.4 is 10.2 Å². The smallest absolute Gasteiger partial charge is 0.270 e. The number of aryl methyl sites for hydroxylation is 1. The number of para-hydroxylation sites is 1. The SMILES string of the molecule is O=C(NCc1ccco1)c1cc(N2CCCc3ccccc32)ncn1. The first-order valence-corrected chi connectivity index (χ1v) is 8.29. The predicted molar refractivity (Wildman–Crippen MR) is 93.7 cm³/mol. The Bertz CT molecular complexity index is 877. The summed E-state index contributed by atoms with van der Waals surface area (Å²) in [5, 5.41) is 2.81. The number of hydrogen-bond donors (Lipinski definition) is 1. The lowest BCUT2D eigenvalue weighted by molar-refractivity contribution is 0.0943. The van der Waals surface area contributed by atoms with Crippen LogP contribution in [0.3, 0.4) is 0 Å². The van der Waals surface area contributed by atoms with Gasteiger partial charge in [-0.3, -0.25) is 4.79 Å². The zero-order valence-corrected chi connectivity index (χ0v) is 13.7. The molecule has 3 aromatic rings. The number of nitrogens with zero attached hydrogens (tertiary/aromatic N) is 3. The Labute approximate surface area is 145 Å². The van der Waals surface area contributed by atoms with E-state index in [1.165, 1.54) is 11.9 Å². The molecule has 25 heavy (non-hydrogen) atoms. The molecular formula is C19H18N4O2. The van der Waals surface area contributed by atoms with Crippen molar-refractivity contribution in [2.45, 2.75) is 19.4 Å². The fraction of sp³-hybridized carbons (Fsp3) is 0.211. The summed E-state index contributed by atoms with van der Waals surface area (Å²) in [5.41, 5.74) is 2.80. The minimum atomic E-state index is -0.245. The highest BCUT2D eigenvalue weighted by Gasteiger charge is 2.20. The molecule has 6 heteroatoms. The van der Waals surface area contributed by atoms with Gasteiger partial charge in [-0.2, -0.15) is 0 Å². The summed E-state index contributed by atoms with van der Waals surface area (Å²) in [5.74, 6) is 1.20. The number of benzene rings is 1. The molecule has 1 aromatic carbocycles. The summed E-state index contributed by atoms with van der Waals surface area (Å²) in [6, 6.07) is 13.6. The van der Waals surface area contributed by atoms with Gasteiger partial charge in [-0.25, -0.2) is 9.97 Å². The van der Waals surface area contributed by atoms with Gasteiger partial charge in [-0.05, 0) is 36.6 Å². The third-order valence-electron chi connectivity index (χ3n) is 4.28. The van der Waals surface area contributed by atoms with E-state index in [1.807, 2.05) is 12.1 Å². The van der Waals surface area contributed by atoms with Crippen LogP contribution in [0.4, 0.5) is 11.5 Å². The van der Waals surface area contributed by atoms with Gasteiger partial charge >= 0.3 is 0 Å². The Hall–Kier alpha value is -3.15. The van der Waals surface area contributed by atoms with Gasteiger partial charge in [-0.15, -0.1) is 0 Å². The number of fused-ring (bicyclic) bond motifs is 1. The molecule has 0 saturated carbocycles. The van der Waals surface area contributed by atoms with E-state index in [-0.39, 0.29) is 5.91 Å². The lowest BCUT2D eigenvalue weighted by Gasteiger charge is -2.30. The average Bonchev–Trinajstić information content (AvgIpc) is 3.19. The van der Waals surface area contributed by atoms with E-state index in [4.69, 9.17) is 4.42 Å². The Morgan fingerprint density at radius 3 is 3.00 bits per heavy atom. The van der Waals surface area contributed by atoms with Crippen LogP contribution in [0.5, 0.6) is 0 Å². The second kappa shape index (κ2) is 6.76. The monoisotopic (exact) mass is 334 g/mol. The molecule has 0 saturated heterocycles. The molecule has 1 aliphatic rings. The zero-order chi connectivity index (χ0) is 17.1. The number of nitrogens with one attached hydrogen (secondary N) is 1. The highest BCUT2D eigenvalue weighted by atomic mass is 16.3. The van der Waals surface area contributed by atoms with Crippen molar-refractivity contribution in [2.24, 2.45) is 0 Å². The number of anilines is 2. The number of carbonyl (C=O) groups excluding carboxylic acids is 1. The van der Waals surface area contributed by atoms with Crippen molar-refractivity contribution < 1.29 is 9.21 Å². The molecule has 0 bridgehead atoms. The summed E-state index contributed by atoms with van der Waals surface area (Å²) in [6.45, 7) is 1.21. The maximum atomic E-state index is 12.4. The summed E-state index contributed by atoms with van der Waals surface area (Å²) in [4.78, 5) is 23.0. The number of aromatic nitrogens is 2. The molecule has 4 rings (SSSR count). The first kappa shape index (κ1) is 15.4. The normalized spacial score (nSPS) is 13.4. The van der Waals surface area contributed by atoms with Crippen molar-refractivity contribution in [3.05, 3.63) is 72.1 Å². The summed E-state index contributed by atoms with van der Waals surface area (Å²) in [6.07, 6.45) is 5.14. The molecule has 0 radical (unpaired) electrons. The number of hydrogen-bond acceptors (Lipinski definition) is 5. The third-order valence-corrected chi connectivity index (χ3v) is 4.28. The predicted octanol–water partition coefficient (Wildman–Crippen LogP) is 3.08. The molecule has 0 aliphatic carbocycles. The maximum absolute atomic E-state index is 12.4. The van der Waals surface area contributed by atoms with Crippen LogP contribution in [0.1, 0.15) is 28.2 Å². The minimum absolute atomic E-state index is 0.245. The average molecular weight is 334 g/mol. The molecule has 2 aromatic heterocycles. The van der Waals surface area contributed by atoms with Crippen LogP contribution in [-0.2, 0) is 13.0 Å². The Morgan fingerprint density at radius 1 is 1.20 bits per heavy atom. The first-order valence-electron chi connectivity index (χ1n) is 8.29. The second-order valence-corrected chi connectivity index (χ2v) is 5.91. The maximum Gasteiger partial charge on any atom is 0.270 e. The molecule has 0 spiro atoms. The molecule has 1 aliphatic heterocycles. The Morgan fingerprint density at radius 2 is 2.12 bits per heavy atom. The van der Waals surface area contributed by atoms with Gasteiger partial charge < -0.3 is 14.6 Å². The molecule has 3 heterocycles. The van der Waals surface area contributed by atoms with Crippen molar-refractivity contribution >= 4 is 17.4 Å². The van der Waals surface area contributed by atoms with Crippen molar-refractivity contribution in [1.29, 1.82) is 0 Å². The van der Waals surface area contributed by atoms with E-state index in [0.29, 0.717) is 18.0 Å². The molecule has 126 valence electrons. The van der Waals surface area contributed by atoms with E-state index >= 15 is 0 Å². The molecule has 0 unspecified atom stereocenters. The van der Waals surface area contributed by atoms with Gasteiger partial charge in [0.15, 0.2) is 0 Å². The third kappa shape index (κ3) is 3.24. The minimum Gasteiger partial charge on any atom is -0.467 e. The fourth-order valence-electron chi connectivity index (χ4n) is 3.06. The van der Waals surface area contributed by atoms with Crippen molar-refractivity contribution in [3.8, 4) is 0 Å². The molecule has 6 nitrogen and oxygen atoms in total. The lowest BCUT2D eigenvalue weighted by Crippen LogP contribution is -2.27. The van der Waals surface area contributed by atoms with Crippen LogP contribution >= 0.6 is 0 Å². The summed E-state index contributed by atoms with van der Waals surface area (Å²) in [7, 11) is 0.